The Morgan fingerprint density at radius 3 is 2.89 bits per heavy atom. The maximum absolute atomic E-state index is 12.5. The number of carbonyl (C=O) groups is 1. The van der Waals surface area contributed by atoms with Crippen LogP contribution in [0.5, 0.6) is 0 Å². The van der Waals surface area contributed by atoms with Crippen molar-refractivity contribution in [3.05, 3.63) is 52.5 Å². The van der Waals surface area contributed by atoms with Gasteiger partial charge in [-0.05, 0) is 54.3 Å². The lowest BCUT2D eigenvalue weighted by Gasteiger charge is -2.26. The third-order valence-electron chi connectivity index (χ3n) is 4.74. The molecule has 146 valence electrons. The quantitative estimate of drug-likeness (QED) is 0.631. The second-order valence-corrected chi connectivity index (χ2v) is 10.2. The average Bonchev–Trinajstić information content (AvgIpc) is 3.05. The monoisotopic (exact) mass is 435 g/mol. The van der Waals surface area contributed by atoms with Gasteiger partial charge in [-0.25, -0.2) is 18.2 Å². The molecule has 0 saturated heterocycles. The molecule has 0 bridgehead atoms. The molecule has 2 aromatic carbocycles. The lowest BCUT2D eigenvalue weighted by Crippen LogP contribution is -2.36. The van der Waals surface area contributed by atoms with E-state index in [0.717, 1.165) is 16.6 Å². The number of rotatable bonds is 3. The summed E-state index contributed by atoms with van der Waals surface area (Å²) in [4.78, 5) is 17.2. The van der Waals surface area contributed by atoms with E-state index >= 15 is 0 Å². The Balaban J connectivity index is 1.54. The normalized spacial score (nSPS) is 17.9. The summed E-state index contributed by atoms with van der Waals surface area (Å²) in [6, 6.07) is 9.82. The van der Waals surface area contributed by atoms with E-state index in [-0.39, 0.29) is 10.6 Å². The van der Waals surface area contributed by atoms with Crippen molar-refractivity contribution >= 4 is 54.2 Å². The third-order valence-corrected chi connectivity index (χ3v) is 7.73. The number of hydrogen-bond donors (Lipinski definition) is 2. The third kappa shape index (κ3) is 3.72. The topological polar surface area (TPSA) is 88.2 Å². The Kier molecular flexibility index (Phi) is 5.03. The van der Waals surface area contributed by atoms with E-state index in [2.05, 4.69) is 28.6 Å². The summed E-state index contributed by atoms with van der Waals surface area (Å²) in [6.45, 7) is 2.09. The molecule has 0 saturated carbocycles. The first-order valence-electron chi connectivity index (χ1n) is 8.85. The number of hydrogen-bond acceptors (Lipinski definition) is 5. The molecular weight excluding hydrogens is 418 g/mol. The molecule has 0 aliphatic carbocycles. The van der Waals surface area contributed by atoms with Gasteiger partial charge in [-0.3, -0.25) is 5.32 Å². The van der Waals surface area contributed by atoms with Crippen LogP contribution in [0.15, 0.2) is 41.3 Å². The summed E-state index contributed by atoms with van der Waals surface area (Å²) in [6.07, 6.45) is 1.23. The zero-order valence-electron chi connectivity index (χ0n) is 15.0. The number of aryl methyl sites for hydroxylation is 1. The van der Waals surface area contributed by atoms with Gasteiger partial charge in [-0.15, -0.1) is 0 Å². The molecule has 1 unspecified atom stereocenters. The highest BCUT2D eigenvalue weighted by Crippen LogP contribution is 2.34. The Hall–Kier alpha value is -2.16. The van der Waals surface area contributed by atoms with E-state index in [0.29, 0.717) is 22.1 Å². The standard InChI is InChI=1S/C19H18ClN3O3S2/c1-2-11-3-5-15-16(9-11)27-19(22-15)23-18(24)21-14-7-8-28(25,26)17-6-4-12(20)10-13(14)17/h3-6,9-10,14H,2,7-8H2,1H3,(H2,21,22,23,24). The van der Waals surface area contributed by atoms with E-state index < -0.39 is 21.9 Å². The first-order valence-corrected chi connectivity index (χ1v) is 11.7. The van der Waals surface area contributed by atoms with Crippen LogP contribution in [0, 0.1) is 0 Å². The van der Waals surface area contributed by atoms with Crippen LogP contribution in [-0.2, 0) is 16.3 Å². The van der Waals surface area contributed by atoms with Crippen molar-refractivity contribution in [3.8, 4) is 0 Å². The molecule has 4 rings (SSSR count). The lowest BCUT2D eigenvalue weighted by molar-refractivity contribution is 0.248. The highest BCUT2D eigenvalue weighted by molar-refractivity contribution is 7.91. The van der Waals surface area contributed by atoms with Crippen molar-refractivity contribution in [2.45, 2.75) is 30.7 Å². The molecule has 1 atom stereocenters. The summed E-state index contributed by atoms with van der Waals surface area (Å²) in [5, 5.41) is 6.53. The van der Waals surface area contributed by atoms with Crippen LogP contribution >= 0.6 is 22.9 Å². The lowest BCUT2D eigenvalue weighted by atomic mass is 10.0. The van der Waals surface area contributed by atoms with Crippen molar-refractivity contribution < 1.29 is 13.2 Å². The van der Waals surface area contributed by atoms with Crippen molar-refractivity contribution in [1.29, 1.82) is 0 Å². The summed E-state index contributed by atoms with van der Waals surface area (Å²) in [5.74, 6) is -0.0203. The van der Waals surface area contributed by atoms with Gasteiger partial charge < -0.3 is 5.32 Å². The molecule has 0 spiro atoms. The first-order chi connectivity index (χ1) is 13.4. The van der Waals surface area contributed by atoms with Crippen LogP contribution in [0.3, 0.4) is 0 Å². The van der Waals surface area contributed by atoms with Crippen molar-refractivity contribution in [2.24, 2.45) is 0 Å². The highest BCUT2D eigenvalue weighted by Gasteiger charge is 2.31. The number of urea groups is 1. The molecule has 3 aromatic rings. The number of carbonyl (C=O) groups excluding carboxylic acids is 1. The molecule has 28 heavy (non-hydrogen) atoms. The number of halogens is 1. The number of aromatic nitrogens is 1. The molecule has 0 radical (unpaired) electrons. The van der Waals surface area contributed by atoms with E-state index in [1.54, 1.807) is 12.1 Å². The number of anilines is 1. The van der Waals surface area contributed by atoms with Crippen molar-refractivity contribution in [1.82, 2.24) is 10.3 Å². The maximum atomic E-state index is 12.5. The molecule has 2 heterocycles. The highest BCUT2D eigenvalue weighted by atomic mass is 35.5. The molecule has 2 N–H and O–H groups in total. The molecule has 1 aliphatic rings. The summed E-state index contributed by atoms with van der Waals surface area (Å²) >= 11 is 7.44. The Morgan fingerprint density at radius 1 is 1.29 bits per heavy atom. The molecular formula is C19H18ClN3O3S2. The van der Waals surface area contributed by atoms with E-state index in [1.807, 2.05) is 12.1 Å². The van der Waals surface area contributed by atoms with Crippen molar-refractivity contribution in [3.63, 3.8) is 0 Å². The fourth-order valence-electron chi connectivity index (χ4n) is 3.30. The molecule has 1 aromatic heterocycles. The summed E-state index contributed by atoms with van der Waals surface area (Å²) in [5.41, 5.74) is 2.56. The van der Waals surface area contributed by atoms with Crippen LogP contribution in [0.25, 0.3) is 10.2 Å². The maximum Gasteiger partial charge on any atom is 0.321 e. The van der Waals surface area contributed by atoms with Gasteiger partial charge in [0, 0.05) is 5.02 Å². The van der Waals surface area contributed by atoms with Gasteiger partial charge in [0.15, 0.2) is 15.0 Å². The first kappa shape index (κ1) is 19.2. The van der Waals surface area contributed by atoms with Gasteiger partial charge in [0.05, 0.1) is 26.9 Å². The van der Waals surface area contributed by atoms with Crippen molar-refractivity contribution in [2.75, 3.05) is 11.1 Å². The fourth-order valence-corrected chi connectivity index (χ4v) is 6.00. The van der Waals surface area contributed by atoms with E-state index in [1.165, 1.54) is 23.0 Å². The molecule has 6 nitrogen and oxygen atoms in total. The number of nitrogens with one attached hydrogen (secondary N) is 2. The number of thiazole rings is 1. The second kappa shape index (κ2) is 7.35. The minimum absolute atomic E-state index is 0.0203. The molecule has 2 amide bonds. The molecule has 0 fully saturated rings. The smallest absolute Gasteiger partial charge is 0.321 e. The Morgan fingerprint density at radius 2 is 2.11 bits per heavy atom. The number of fused-ring (bicyclic) bond motifs is 2. The van der Waals surface area contributed by atoms with Gasteiger partial charge in [0.1, 0.15) is 0 Å². The minimum Gasteiger partial charge on any atom is -0.331 e. The van der Waals surface area contributed by atoms with Crippen LogP contribution in [0.2, 0.25) is 5.02 Å². The fraction of sp³-hybridized carbons (Fsp3) is 0.263. The van der Waals surface area contributed by atoms with Crippen LogP contribution in [0.1, 0.15) is 30.5 Å². The second-order valence-electron chi connectivity index (χ2n) is 6.62. The minimum atomic E-state index is -3.35. The largest absolute Gasteiger partial charge is 0.331 e. The number of amides is 2. The zero-order chi connectivity index (χ0) is 19.9. The van der Waals surface area contributed by atoms with E-state index in [4.69, 9.17) is 11.6 Å². The van der Waals surface area contributed by atoms with Gasteiger partial charge in [0.25, 0.3) is 0 Å². The molecule has 1 aliphatic heterocycles. The number of nitrogens with zero attached hydrogens (tertiary/aromatic N) is 1. The zero-order valence-corrected chi connectivity index (χ0v) is 17.4. The average molecular weight is 436 g/mol. The molecule has 9 heteroatoms. The summed E-state index contributed by atoms with van der Waals surface area (Å²) in [7, 11) is -3.35. The van der Waals surface area contributed by atoms with E-state index in [9.17, 15) is 13.2 Å². The summed E-state index contributed by atoms with van der Waals surface area (Å²) < 4.78 is 25.6. The van der Waals surface area contributed by atoms with Crippen LogP contribution in [0.4, 0.5) is 9.93 Å². The number of sulfone groups is 1. The predicted molar refractivity (Wildman–Crippen MR) is 112 cm³/mol. The van der Waals surface area contributed by atoms with Crippen LogP contribution < -0.4 is 10.6 Å². The Labute approximate surface area is 171 Å². The van der Waals surface area contributed by atoms with Gasteiger partial charge in [0.2, 0.25) is 0 Å². The van der Waals surface area contributed by atoms with Gasteiger partial charge in [-0.2, -0.15) is 0 Å². The number of benzene rings is 2. The van der Waals surface area contributed by atoms with Gasteiger partial charge >= 0.3 is 6.03 Å². The van der Waals surface area contributed by atoms with Crippen LogP contribution in [-0.4, -0.2) is 25.2 Å². The SMILES string of the molecule is CCc1ccc2nc(NC(=O)NC3CCS(=O)(=O)c4ccc(Cl)cc43)sc2c1. The predicted octanol–water partition coefficient (Wildman–Crippen LogP) is 4.55. The Bertz CT molecular complexity index is 1170. The van der Waals surface area contributed by atoms with Gasteiger partial charge in [-0.1, -0.05) is 35.9 Å².